The van der Waals surface area contributed by atoms with Crippen molar-refractivity contribution in [3.63, 3.8) is 0 Å². The number of nitrogen functional groups attached to an aromatic ring is 1. The molecule has 1 aromatic carbocycles. The first kappa shape index (κ1) is 14.9. The second kappa shape index (κ2) is 5.47. The molecule has 1 heterocycles. The van der Waals surface area contributed by atoms with Crippen LogP contribution in [0.5, 0.6) is 0 Å². The van der Waals surface area contributed by atoms with E-state index in [-0.39, 0.29) is 0 Å². The number of carbonyl (C=O) groups is 1. The molecule has 0 radical (unpaired) electrons. The summed E-state index contributed by atoms with van der Waals surface area (Å²) in [6.07, 6.45) is -3.42. The van der Waals surface area contributed by atoms with Gasteiger partial charge in [0.1, 0.15) is 6.04 Å². The largest absolute Gasteiger partial charge is 0.435 e. The molecule has 0 saturated carbocycles. The van der Waals surface area contributed by atoms with E-state index in [1.807, 2.05) is 0 Å². The first-order valence-electron chi connectivity index (χ1n) is 6.07. The molecule has 5 nitrogen and oxygen atoms in total. The fraction of sp³-hybridized carbons (Fsp3) is 0.231. The van der Waals surface area contributed by atoms with Crippen LogP contribution in [0.25, 0.3) is 0 Å². The highest BCUT2D eigenvalue weighted by molar-refractivity contribution is 5.96. The van der Waals surface area contributed by atoms with Crippen molar-refractivity contribution >= 4 is 17.3 Å². The average Bonchev–Trinajstić information content (AvgIpc) is 2.90. The molecule has 0 bridgehead atoms. The number of alkyl halides is 3. The van der Waals surface area contributed by atoms with E-state index < -0.39 is 23.8 Å². The number of nitrogens with one attached hydrogen (secondary N) is 1. The number of hydrogen-bond donors (Lipinski definition) is 2. The third-order valence-electron chi connectivity index (χ3n) is 2.89. The highest BCUT2D eigenvalue weighted by atomic mass is 19.4. The Morgan fingerprint density at radius 3 is 2.57 bits per heavy atom. The van der Waals surface area contributed by atoms with Gasteiger partial charge in [-0.1, -0.05) is 12.1 Å². The zero-order chi connectivity index (χ0) is 15.6. The Labute approximate surface area is 118 Å². The van der Waals surface area contributed by atoms with E-state index >= 15 is 0 Å². The number of hydrogen-bond acceptors (Lipinski definition) is 3. The van der Waals surface area contributed by atoms with E-state index in [1.165, 1.54) is 6.92 Å². The molecule has 1 unspecified atom stereocenters. The van der Waals surface area contributed by atoms with Gasteiger partial charge in [-0.15, -0.1) is 0 Å². The predicted molar refractivity (Wildman–Crippen MR) is 71.4 cm³/mol. The first-order chi connectivity index (χ1) is 9.79. The van der Waals surface area contributed by atoms with Crippen molar-refractivity contribution in [3.8, 4) is 0 Å². The lowest BCUT2D eigenvalue weighted by Crippen LogP contribution is -2.25. The van der Waals surface area contributed by atoms with Gasteiger partial charge in [0.25, 0.3) is 0 Å². The lowest BCUT2D eigenvalue weighted by atomic mass is 10.2. The lowest BCUT2D eigenvalue weighted by Gasteiger charge is -2.14. The Bertz CT molecular complexity index is 651. The number of benzene rings is 1. The average molecular weight is 298 g/mol. The summed E-state index contributed by atoms with van der Waals surface area (Å²) in [6, 6.07) is 6.52. The van der Waals surface area contributed by atoms with Gasteiger partial charge in [0.15, 0.2) is 5.69 Å². The van der Waals surface area contributed by atoms with E-state index in [1.54, 1.807) is 24.3 Å². The van der Waals surface area contributed by atoms with Gasteiger partial charge in [0, 0.05) is 6.20 Å². The Morgan fingerprint density at radius 2 is 2.00 bits per heavy atom. The molecule has 0 aliphatic rings. The van der Waals surface area contributed by atoms with Crippen LogP contribution in [0.1, 0.15) is 18.7 Å². The van der Waals surface area contributed by atoms with E-state index in [0.29, 0.717) is 11.4 Å². The summed E-state index contributed by atoms with van der Waals surface area (Å²) in [7, 11) is 0. The Kier molecular flexibility index (Phi) is 3.88. The minimum atomic E-state index is -4.54. The number of halogens is 3. The molecule has 3 N–H and O–H groups in total. The lowest BCUT2D eigenvalue weighted by molar-refractivity contribution is -0.141. The zero-order valence-electron chi connectivity index (χ0n) is 11.1. The monoisotopic (exact) mass is 298 g/mol. The van der Waals surface area contributed by atoms with Crippen molar-refractivity contribution in [2.24, 2.45) is 0 Å². The van der Waals surface area contributed by atoms with Gasteiger partial charge in [-0.25, -0.2) is 0 Å². The Hall–Kier alpha value is -2.51. The van der Waals surface area contributed by atoms with Crippen LogP contribution in [-0.4, -0.2) is 15.7 Å². The third kappa shape index (κ3) is 3.33. The topological polar surface area (TPSA) is 72.9 Å². The number of nitrogens with zero attached hydrogens (tertiary/aromatic N) is 2. The number of aromatic nitrogens is 2. The molecule has 21 heavy (non-hydrogen) atoms. The van der Waals surface area contributed by atoms with Crippen LogP contribution >= 0.6 is 0 Å². The van der Waals surface area contributed by atoms with Crippen molar-refractivity contribution < 1.29 is 18.0 Å². The third-order valence-corrected chi connectivity index (χ3v) is 2.89. The van der Waals surface area contributed by atoms with E-state index in [9.17, 15) is 18.0 Å². The van der Waals surface area contributed by atoms with Gasteiger partial charge in [0.05, 0.1) is 11.4 Å². The SMILES string of the molecule is CC(C(=O)Nc1ccccc1N)n1ccc(C(F)(F)F)n1. The zero-order valence-corrected chi connectivity index (χ0v) is 11.1. The molecule has 8 heteroatoms. The molecule has 0 aliphatic heterocycles. The predicted octanol–water partition coefficient (Wildman–Crippen LogP) is 2.68. The van der Waals surface area contributed by atoms with Gasteiger partial charge in [-0.05, 0) is 25.1 Å². The summed E-state index contributed by atoms with van der Waals surface area (Å²) >= 11 is 0. The smallest absolute Gasteiger partial charge is 0.397 e. The molecule has 2 aromatic rings. The Morgan fingerprint density at radius 1 is 1.33 bits per heavy atom. The highest BCUT2D eigenvalue weighted by Crippen LogP contribution is 2.28. The quantitative estimate of drug-likeness (QED) is 0.856. The van der Waals surface area contributed by atoms with Gasteiger partial charge < -0.3 is 11.1 Å². The molecule has 0 fully saturated rings. The fourth-order valence-corrected chi connectivity index (χ4v) is 1.67. The Balaban J connectivity index is 2.13. The van der Waals surface area contributed by atoms with Gasteiger partial charge in [0.2, 0.25) is 5.91 Å². The van der Waals surface area contributed by atoms with Crippen LogP contribution in [0, 0.1) is 0 Å². The van der Waals surface area contributed by atoms with Crippen LogP contribution in [0.3, 0.4) is 0 Å². The van der Waals surface area contributed by atoms with Crippen LogP contribution < -0.4 is 11.1 Å². The van der Waals surface area contributed by atoms with Crippen molar-refractivity contribution in [1.29, 1.82) is 0 Å². The fourth-order valence-electron chi connectivity index (χ4n) is 1.67. The molecule has 2 rings (SSSR count). The molecule has 0 aliphatic carbocycles. The van der Waals surface area contributed by atoms with E-state index in [0.717, 1.165) is 16.9 Å². The van der Waals surface area contributed by atoms with Crippen molar-refractivity contribution in [2.75, 3.05) is 11.1 Å². The number of rotatable bonds is 3. The number of para-hydroxylation sites is 2. The summed E-state index contributed by atoms with van der Waals surface area (Å²) in [5.74, 6) is -0.510. The molecule has 112 valence electrons. The standard InChI is InChI=1S/C13H13F3N4O/c1-8(20-7-6-11(19-20)13(14,15)16)12(21)18-10-5-3-2-4-9(10)17/h2-8H,17H2,1H3,(H,18,21). The van der Waals surface area contributed by atoms with Gasteiger partial charge >= 0.3 is 6.18 Å². The van der Waals surface area contributed by atoms with E-state index in [2.05, 4.69) is 10.4 Å². The summed E-state index contributed by atoms with van der Waals surface area (Å²) < 4.78 is 38.4. The molecule has 1 aromatic heterocycles. The molecular weight excluding hydrogens is 285 g/mol. The summed E-state index contributed by atoms with van der Waals surface area (Å²) in [6.45, 7) is 1.45. The molecule has 0 saturated heterocycles. The van der Waals surface area contributed by atoms with E-state index in [4.69, 9.17) is 5.73 Å². The second-order valence-corrected chi connectivity index (χ2v) is 4.43. The number of nitrogens with two attached hydrogens (primary N) is 1. The van der Waals surface area contributed by atoms with Crippen molar-refractivity contribution in [3.05, 3.63) is 42.2 Å². The number of carbonyl (C=O) groups excluding carboxylic acids is 1. The maximum Gasteiger partial charge on any atom is 0.435 e. The first-order valence-corrected chi connectivity index (χ1v) is 6.07. The minimum Gasteiger partial charge on any atom is -0.397 e. The van der Waals surface area contributed by atoms with Crippen LogP contribution in [0.4, 0.5) is 24.5 Å². The van der Waals surface area contributed by atoms with Crippen molar-refractivity contribution in [2.45, 2.75) is 19.1 Å². The summed E-state index contributed by atoms with van der Waals surface area (Å²) in [5.41, 5.74) is 5.41. The second-order valence-electron chi connectivity index (χ2n) is 4.43. The minimum absolute atomic E-state index is 0.370. The molecule has 0 spiro atoms. The molecular formula is C13H13F3N4O. The normalized spacial score (nSPS) is 13.0. The van der Waals surface area contributed by atoms with Gasteiger partial charge in [-0.3, -0.25) is 9.48 Å². The van der Waals surface area contributed by atoms with Crippen LogP contribution in [-0.2, 0) is 11.0 Å². The molecule has 1 amide bonds. The summed E-state index contributed by atoms with van der Waals surface area (Å²) in [4.78, 5) is 12.0. The van der Waals surface area contributed by atoms with Gasteiger partial charge in [-0.2, -0.15) is 18.3 Å². The van der Waals surface area contributed by atoms with Crippen LogP contribution in [0.2, 0.25) is 0 Å². The number of anilines is 2. The maximum atomic E-state index is 12.5. The van der Waals surface area contributed by atoms with Crippen molar-refractivity contribution in [1.82, 2.24) is 9.78 Å². The summed E-state index contributed by atoms with van der Waals surface area (Å²) in [5, 5.41) is 5.92. The highest BCUT2D eigenvalue weighted by Gasteiger charge is 2.34. The number of amides is 1. The maximum absolute atomic E-state index is 12.5. The molecule has 1 atom stereocenters. The van der Waals surface area contributed by atoms with Crippen LogP contribution in [0.15, 0.2) is 36.5 Å².